The molecule has 0 amide bonds. The number of hydrogen-bond acceptors (Lipinski definition) is 3. The van der Waals surface area contributed by atoms with Crippen molar-refractivity contribution < 1.29 is 18.7 Å². The van der Waals surface area contributed by atoms with Crippen molar-refractivity contribution in [2.45, 2.75) is 32.1 Å². The van der Waals surface area contributed by atoms with E-state index in [9.17, 15) is 9.18 Å². The summed E-state index contributed by atoms with van der Waals surface area (Å²) in [6, 6.07) is 4.71. The van der Waals surface area contributed by atoms with Gasteiger partial charge in [0.1, 0.15) is 5.82 Å². The summed E-state index contributed by atoms with van der Waals surface area (Å²) in [6.07, 6.45) is 3.28. The number of carbonyl (C=O) groups excluding carboxylic acids is 1. The molecule has 3 nitrogen and oxygen atoms in total. The topological polar surface area (TPSA) is 35.5 Å². The minimum Gasteiger partial charge on any atom is -0.385 e. The summed E-state index contributed by atoms with van der Waals surface area (Å²) in [6.45, 7) is 1.22. The molecule has 0 saturated heterocycles. The van der Waals surface area contributed by atoms with Gasteiger partial charge in [0.05, 0.1) is 0 Å². The second-order valence-electron chi connectivity index (χ2n) is 4.74. The van der Waals surface area contributed by atoms with E-state index in [0.717, 1.165) is 12.8 Å². The first-order valence-corrected chi connectivity index (χ1v) is 6.99. The van der Waals surface area contributed by atoms with E-state index in [1.807, 2.05) is 0 Å². The van der Waals surface area contributed by atoms with Gasteiger partial charge in [-0.2, -0.15) is 0 Å². The molecule has 0 aliphatic rings. The van der Waals surface area contributed by atoms with Crippen LogP contribution in [0.25, 0.3) is 0 Å². The monoisotopic (exact) mass is 282 g/mol. The quantitative estimate of drug-likeness (QED) is 0.487. The van der Waals surface area contributed by atoms with Gasteiger partial charge in [-0.3, -0.25) is 4.79 Å². The summed E-state index contributed by atoms with van der Waals surface area (Å²) in [7, 11) is 3.26. The molecule has 0 spiro atoms. The van der Waals surface area contributed by atoms with E-state index < -0.39 is 0 Å². The summed E-state index contributed by atoms with van der Waals surface area (Å²) in [5.41, 5.74) is 1.03. The fourth-order valence-electron chi connectivity index (χ4n) is 2.13. The lowest BCUT2D eigenvalue weighted by Gasteiger charge is -2.10. The number of ether oxygens (including phenoxy) is 2. The third-order valence-electron chi connectivity index (χ3n) is 3.20. The van der Waals surface area contributed by atoms with Gasteiger partial charge in [-0.15, -0.1) is 0 Å². The van der Waals surface area contributed by atoms with E-state index in [0.29, 0.717) is 43.6 Å². The molecule has 0 bridgehead atoms. The van der Waals surface area contributed by atoms with Crippen LogP contribution in [0.4, 0.5) is 4.39 Å². The molecule has 112 valence electrons. The molecule has 4 heteroatoms. The first-order chi connectivity index (χ1) is 9.70. The van der Waals surface area contributed by atoms with Gasteiger partial charge in [0.25, 0.3) is 0 Å². The Labute approximate surface area is 120 Å². The highest BCUT2D eigenvalue weighted by atomic mass is 19.1. The van der Waals surface area contributed by atoms with Crippen LogP contribution in [0.2, 0.25) is 0 Å². The summed E-state index contributed by atoms with van der Waals surface area (Å²) in [4.78, 5) is 12.2. The Morgan fingerprint density at radius 3 is 2.50 bits per heavy atom. The van der Waals surface area contributed by atoms with Crippen molar-refractivity contribution in [1.29, 1.82) is 0 Å². The van der Waals surface area contributed by atoms with Crippen LogP contribution in [0.3, 0.4) is 0 Å². The van der Waals surface area contributed by atoms with Crippen LogP contribution in [0, 0.1) is 5.82 Å². The summed E-state index contributed by atoms with van der Waals surface area (Å²) >= 11 is 0. The normalized spacial score (nSPS) is 10.8. The van der Waals surface area contributed by atoms with Crippen molar-refractivity contribution in [2.75, 3.05) is 27.4 Å². The molecule has 0 atom stereocenters. The van der Waals surface area contributed by atoms with Crippen LogP contribution in [0.15, 0.2) is 18.2 Å². The number of carbonyl (C=O) groups is 1. The molecule has 0 aliphatic carbocycles. The number of ketones is 1. The molecule has 0 saturated carbocycles. The maximum Gasteiger partial charge on any atom is 0.163 e. The lowest BCUT2D eigenvalue weighted by atomic mass is 9.96. The van der Waals surface area contributed by atoms with Crippen LogP contribution in [0.5, 0.6) is 0 Å². The molecule has 0 N–H and O–H groups in total. The highest BCUT2D eigenvalue weighted by Crippen LogP contribution is 2.18. The molecule has 0 aliphatic heterocycles. The maximum absolute atomic E-state index is 13.9. The molecule has 0 unspecified atom stereocenters. The molecular weight excluding hydrogens is 259 g/mol. The van der Waals surface area contributed by atoms with E-state index in [4.69, 9.17) is 9.47 Å². The van der Waals surface area contributed by atoms with Gasteiger partial charge in [-0.1, -0.05) is 12.1 Å². The smallest absolute Gasteiger partial charge is 0.163 e. The van der Waals surface area contributed by atoms with E-state index in [-0.39, 0.29) is 11.6 Å². The van der Waals surface area contributed by atoms with Crippen molar-refractivity contribution in [3.05, 3.63) is 35.1 Å². The molecule has 1 aromatic rings. The first-order valence-electron chi connectivity index (χ1n) is 6.99. The van der Waals surface area contributed by atoms with E-state index >= 15 is 0 Å². The van der Waals surface area contributed by atoms with E-state index in [1.165, 1.54) is 6.07 Å². The zero-order chi connectivity index (χ0) is 14.8. The van der Waals surface area contributed by atoms with Crippen LogP contribution >= 0.6 is 0 Å². The highest BCUT2D eigenvalue weighted by Gasteiger charge is 2.14. The second-order valence-corrected chi connectivity index (χ2v) is 4.74. The van der Waals surface area contributed by atoms with Crippen molar-refractivity contribution in [3.8, 4) is 0 Å². The third kappa shape index (κ3) is 5.39. The Bertz CT molecular complexity index is 418. The third-order valence-corrected chi connectivity index (χ3v) is 3.20. The zero-order valence-electron chi connectivity index (χ0n) is 12.3. The highest BCUT2D eigenvalue weighted by molar-refractivity contribution is 5.97. The lowest BCUT2D eigenvalue weighted by molar-refractivity contribution is 0.0973. The van der Waals surface area contributed by atoms with Crippen LogP contribution in [0.1, 0.15) is 41.6 Å². The Morgan fingerprint density at radius 2 is 1.80 bits per heavy atom. The summed E-state index contributed by atoms with van der Waals surface area (Å²) < 4.78 is 23.8. The van der Waals surface area contributed by atoms with Crippen molar-refractivity contribution in [2.24, 2.45) is 0 Å². The van der Waals surface area contributed by atoms with Crippen molar-refractivity contribution in [1.82, 2.24) is 0 Å². The fourth-order valence-corrected chi connectivity index (χ4v) is 2.13. The Hall–Kier alpha value is -1.26. The minimum absolute atomic E-state index is 0.00743. The SMILES string of the molecule is COCCCCC(=O)c1cccc(F)c1CCCOC. The standard InChI is InChI=1S/C16H23FO3/c1-19-11-4-3-10-16(18)14-7-5-9-15(17)13(14)8-6-12-20-2/h5,7,9H,3-4,6,8,10-12H2,1-2H3. The van der Waals surface area contributed by atoms with Gasteiger partial charge >= 0.3 is 0 Å². The Morgan fingerprint density at radius 1 is 1.10 bits per heavy atom. The Kier molecular flexibility index (Phi) is 8.07. The van der Waals surface area contributed by atoms with Gasteiger partial charge in [-0.25, -0.2) is 4.39 Å². The van der Waals surface area contributed by atoms with Gasteiger partial charge in [-0.05, 0) is 37.3 Å². The van der Waals surface area contributed by atoms with Crippen molar-refractivity contribution >= 4 is 5.78 Å². The molecule has 1 aromatic carbocycles. The Balaban J connectivity index is 2.67. The molecule has 0 heterocycles. The second kappa shape index (κ2) is 9.61. The van der Waals surface area contributed by atoms with E-state index in [2.05, 4.69) is 0 Å². The minimum atomic E-state index is -0.302. The van der Waals surface area contributed by atoms with Gasteiger partial charge in [0.15, 0.2) is 5.78 Å². The number of rotatable bonds is 10. The maximum atomic E-state index is 13.9. The number of halogens is 1. The number of hydrogen-bond donors (Lipinski definition) is 0. The number of methoxy groups -OCH3 is 2. The average Bonchev–Trinajstić information content (AvgIpc) is 2.45. The lowest BCUT2D eigenvalue weighted by Crippen LogP contribution is -2.07. The predicted octanol–water partition coefficient (Wildman–Crippen LogP) is 3.40. The summed E-state index contributed by atoms with van der Waals surface area (Å²) in [5, 5.41) is 0. The molecule has 0 aromatic heterocycles. The van der Waals surface area contributed by atoms with Gasteiger partial charge in [0.2, 0.25) is 0 Å². The largest absolute Gasteiger partial charge is 0.385 e. The first kappa shape index (κ1) is 16.8. The molecule has 0 radical (unpaired) electrons. The summed E-state index contributed by atoms with van der Waals surface area (Å²) in [5.74, 6) is -0.295. The molecule has 0 fully saturated rings. The van der Waals surface area contributed by atoms with E-state index in [1.54, 1.807) is 26.4 Å². The van der Waals surface area contributed by atoms with Crippen LogP contribution in [-0.4, -0.2) is 33.2 Å². The molecule has 20 heavy (non-hydrogen) atoms. The van der Waals surface area contributed by atoms with Gasteiger partial charge < -0.3 is 9.47 Å². The van der Waals surface area contributed by atoms with Crippen LogP contribution in [-0.2, 0) is 15.9 Å². The molecule has 1 rings (SSSR count). The number of Topliss-reactive ketones (excluding diaryl/α,β-unsaturated/α-hetero) is 1. The van der Waals surface area contributed by atoms with Crippen molar-refractivity contribution in [3.63, 3.8) is 0 Å². The average molecular weight is 282 g/mol. The molecular formula is C16H23FO3. The zero-order valence-corrected chi connectivity index (χ0v) is 12.3. The number of unbranched alkanes of at least 4 members (excludes halogenated alkanes) is 1. The van der Waals surface area contributed by atoms with Crippen LogP contribution < -0.4 is 0 Å². The van der Waals surface area contributed by atoms with Gasteiger partial charge in [0, 0.05) is 39.4 Å². The fraction of sp³-hybridized carbons (Fsp3) is 0.562. The predicted molar refractivity (Wildman–Crippen MR) is 76.7 cm³/mol. The number of benzene rings is 1.